The molecule has 11 heteroatoms. The van der Waals surface area contributed by atoms with Crippen LogP contribution in [0.5, 0.6) is 17.2 Å². The summed E-state index contributed by atoms with van der Waals surface area (Å²) >= 11 is 0. The zero-order valence-corrected chi connectivity index (χ0v) is 26.1. The Morgan fingerprint density at radius 2 is 1.76 bits per heavy atom. The van der Waals surface area contributed by atoms with Gasteiger partial charge in [-0.25, -0.2) is 0 Å². The maximum atomic E-state index is 13.5. The third-order valence-corrected chi connectivity index (χ3v) is 7.70. The molecule has 0 amide bonds. The highest BCUT2D eigenvalue weighted by atomic mass is 16.7. The first kappa shape index (κ1) is 32.3. The number of aromatic hydroxyl groups is 1. The van der Waals surface area contributed by atoms with Gasteiger partial charge in [0.05, 0.1) is 22.5 Å². The Bertz CT molecular complexity index is 1790. The van der Waals surface area contributed by atoms with Crippen molar-refractivity contribution in [1.29, 1.82) is 0 Å². The number of fused-ring (bicyclic) bond motifs is 1. The standard InChI is InChI=1S/C35H37NO10/c1-35(2,3)34(41)44-20-43-31(38)15-10-22-17-23(32(39)26-13-11-25(18-28(26)37)45-24-6-4-5-7-24)9-14-29(22)42-19-21-8-12-27-30(16-21)46-36-33(27)40/h8-9,11-14,16-18,24,37H,4-7,10,15,19-20H2,1-3H3,(H,36,40). The summed E-state index contributed by atoms with van der Waals surface area (Å²) in [5.41, 5.74) is 0.995. The fraction of sp³-hybridized carbons (Fsp3) is 0.371. The first-order valence-corrected chi connectivity index (χ1v) is 15.2. The molecular weight excluding hydrogens is 594 g/mol. The molecule has 1 aliphatic rings. The number of carbonyl (C=O) groups excluding carboxylic acids is 3. The minimum atomic E-state index is -0.736. The van der Waals surface area contributed by atoms with E-state index in [9.17, 15) is 24.3 Å². The van der Waals surface area contributed by atoms with Crippen LogP contribution in [0.3, 0.4) is 0 Å². The Labute approximate surface area is 265 Å². The number of hydrogen-bond donors (Lipinski definition) is 2. The van der Waals surface area contributed by atoms with E-state index < -0.39 is 29.9 Å². The smallest absolute Gasteiger partial charge is 0.314 e. The van der Waals surface area contributed by atoms with Gasteiger partial charge in [0.25, 0.3) is 5.56 Å². The van der Waals surface area contributed by atoms with Crippen LogP contribution in [-0.4, -0.2) is 40.9 Å². The second-order valence-corrected chi connectivity index (χ2v) is 12.3. The maximum Gasteiger partial charge on any atom is 0.314 e. The molecule has 0 atom stereocenters. The topological polar surface area (TPSA) is 154 Å². The van der Waals surface area contributed by atoms with Crippen molar-refractivity contribution in [1.82, 2.24) is 5.16 Å². The SMILES string of the molecule is CC(C)(C)C(=O)OCOC(=O)CCc1cc(C(=O)c2ccc(OC3CCCC3)cc2O)ccc1OCc1ccc2c(=O)[nH]oc2c1. The van der Waals surface area contributed by atoms with Gasteiger partial charge in [0.1, 0.15) is 23.9 Å². The molecule has 3 aromatic carbocycles. The molecule has 1 aromatic heterocycles. The monoisotopic (exact) mass is 631 g/mol. The predicted molar refractivity (Wildman–Crippen MR) is 167 cm³/mol. The number of benzene rings is 3. The average Bonchev–Trinajstić information content (AvgIpc) is 3.67. The molecule has 1 saturated carbocycles. The van der Waals surface area contributed by atoms with Crippen LogP contribution >= 0.6 is 0 Å². The molecular formula is C35H37NO10. The van der Waals surface area contributed by atoms with E-state index in [-0.39, 0.29) is 48.0 Å². The number of aromatic amines is 1. The molecule has 0 unspecified atom stereocenters. The number of aryl methyl sites for hydroxylation is 1. The summed E-state index contributed by atoms with van der Waals surface area (Å²) in [5.74, 6) is -0.781. The Balaban J connectivity index is 1.31. The summed E-state index contributed by atoms with van der Waals surface area (Å²) in [6, 6.07) is 14.6. The van der Waals surface area contributed by atoms with E-state index in [1.54, 1.807) is 63.2 Å². The fourth-order valence-corrected chi connectivity index (χ4v) is 5.11. The van der Waals surface area contributed by atoms with Crippen molar-refractivity contribution in [3.63, 3.8) is 0 Å². The quantitative estimate of drug-likeness (QED) is 0.108. The lowest BCUT2D eigenvalue weighted by atomic mass is 9.98. The highest BCUT2D eigenvalue weighted by molar-refractivity contribution is 6.11. The molecule has 0 aliphatic heterocycles. The molecule has 242 valence electrons. The summed E-state index contributed by atoms with van der Waals surface area (Å²) in [6.45, 7) is 4.68. The molecule has 0 saturated heterocycles. The number of aromatic nitrogens is 1. The minimum absolute atomic E-state index is 0.0833. The van der Waals surface area contributed by atoms with Crippen molar-refractivity contribution in [3.8, 4) is 17.2 Å². The zero-order chi connectivity index (χ0) is 32.8. The van der Waals surface area contributed by atoms with Crippen LogP contribution in [0.4, 0.5) is 0 Å². The number of rotatable bonds is 12. The Hall–Kier alpha value is -5.06. The van der Waals surface area contributed by atoms with Crippen molar-refractivity contribution in [2.45, 2.75) is 72.0 Å². The minimum Gasteiger partial charge on any atom is -0.507 e. The van der Waals surface area contributed by atoms with Crippen LogP contribution < -0.4 is 15.0 Å². The molecule has 0 bridgehead atoms. The van der Waals surface area contributed by atoms with Crippen molar-refractivity contribution in [2.75, 3.05) is 6.79 Å². The maximum absolute atomic E-state index is 13.5. The highest BCUT2D eigenvalue weighted by Crippen LogP contribution is 2.31. The number of esters is 2. The van der Waals surface area contributed by atoms with Gasteiger partial charge in [-0.15, -0.1) is 0 Å². The van der Waals surface area contributed by atoms with E-state index in [0.717, 1.165) is 31.2 Å². The van der Waals surface area contributed by atoms with Gasteiger partial charge in [0.2, 0.25) is 6.79 Å². The molecule has 46 heavy (non-hydrogen) atoms. The van der Waals surface area contributed by atoms with Gasteiger partial charge >= 0.3 is 11.9 Å². The van der Waals surface area contributed by atoms with Crippen LogP contribution in [0.1, 0.15) is 79.9 Å². The second-order valence-electron chi connectivity index (χ2n) is 12.3. The van der Waals surface area contributed by atoms with Crippen LogP contribution in [0.15, 0.2) is 63.9 Å². The first-order chi connectivity index (χ1) is 22.0. The second kappa shape index (κ2) is 13.9. The molecule has 1 aliphatic carbocycles. The number of nitrogens with one attached hydrogen (secondary N) is 1. The number of ether oxygens (including phenoxy) is 4. The summed E-state index contributed by atoms with van der Waals surface area (Å²) in [5, 5.41) is 13.4. The summed E-state index contributed by atoms with van der Waals surface area (Å²) < 4.78 is 27.3. The number of phenols is 1. The first-order valence-electron chi connectivity index (χ1n) is 15.2. The number of ketones is 1. The number of phenolic OH excluding ortho intramolecular Hbond substituents is 1. The van der Waals surface area contributed by atoms with Crippen LogP contribution in [0.25, 0.3) is 11.0 Å². The Kier molecular flexibility index (Phi) is 9.79. The van der Waals surface area contributed by atoms with Gasteiger partial charge in [0.15, 0.2) is 11.4 Å². The van der Waals surface area contributed by atoms with E-state index in [0.29, 0.717) is 28.0 Å². The molecule has 1 heterocycles. The lowest BCUT2D eigenvalue weighted by molar-refractivity contribution is -0.173. The third-order valence-electron chi connectivity index (χ3n) is 7.70. The van der Waals surface area contributed by atoms with Gasteiger partial charge in [-0.1, -0.05) is 6.07 Å². The normalized spacial score (nSPS) is 13.5. The molecule has 1 fully saturated rings. The molecule has 4 aromatic rings. The molecule has 0 spiro atoms. The van der Waals surface area contributed by atoms with Crippen LogP contribution in [-0.2, 0) is 32.1 Å². The molecule has 2 N–H and O–H groups in total. The number of carbonyl (C=O) groups is 3. The van der Waals surface area contributed by atoms with E-state index in [4.69, 9.17) is 23.5 Å². The van der Waals surface area contributed by atoms with E-state index in [2.05, 4.69) is 5.16 Å². The predicted octanol–water partition coefficient (Wildman–Crippen LogP) is 5.98. The van der Waals surface area contributed by atoms with Crippen LogP contribution in [0, 0.1) is 5.41 Å². The van der Waals surface area contributed by atoms with Gasteiger partial charge in [-0.3, -0.25) is 19.2 Å². The van der Waals surface area contributed by atoms with E-state index in [1.807, 2.05) is 0 Å². The largest absolute Gasteiger partial charge is 0.507 e. The lowest BCUT2D eigenvalue weighted by Crippen LogP contribution is -2.24. The average molecular weight is 632 g/mol. The Morgan fingerprint density at radius 3 is 2.50 bits per heavy atom. The molecule has 11 nitrogen and oxygen atoms in total. The van der Waals surface area contributed by atoms with Crippen molar-refractivity contribution >= 4 is 28.7 Å². The van der Waals surface area contributed by atoms with Crippen molar-refractivity contribution < 1.29 is 43.0 Å². The zero-order valence-electron chi connectivity index (χ0n) is 26.1. The summed E-state index contributed by atoms with van der Waals surface area (Å²) in [6.07, 6.45) is 4.32. The fourth-order valence-electron chi connectivity index (χ4n) is 5.11. The van der Waals surface area contributed by atoms with Gasteiger partial charge < -0.3 is 28.6 Å². The van der Waals surface area contributed by atoms with Crippen molar-refractivity contribution in [2.24, 2.45) is 5.41 Å². The highest BCUT2D eigenvalue weighted by Gasteiger charge is 2.24. The number of H-pyrrole nitrogens is 1. The van der Waals surface area contributed by atoms with Gasteiger partial charge in [-0.2, -0.15) is 5.16 Å². The molecule has 5 rings (SSSR count). The van der Waals surface area contributed by atoms with E-state index in [1.165, 1.54) is 12.1 Å². The van der Waals surface area contributed by atoms with Crippen molar-refractivity contribution in [3.05, 3.63) is 87.2 Å². The third kappa shape index (κ3) is 7.96. The lowest BCUT2D eigenvalue weighted by Gasteiger charge is -2.16. The molecule has 0 radical (unpaired) electrons. The summed E-state index contributed by atoms with van der Waals surface area (Å²) in [7, 11) is 0. The van der Waals surface area contributed by atoms with Gasteiger partial charge in [-0.05, 0) is 106 Å². The number of hydrogen-bond acceptors (Lipinski definition) is 10. The Morgan fingerprint density at radius 1 is 0.978 bits per heavy atom. The van der Waals surface area contributed by atoms with Gasteiger partial charge in [0, 0.05) is 18.1 Å². The van der Waals surface area contributed by atoms with E-state index >= 15 is 0 Å². The summed E-state index contributed by atoms with van der Waals surface area (Å²) in [4.78, 5) is 49.7. The van der Waals surface area contributed by atoms with Crippen LogP contribution in [0.2, 0.25) is 0 Å².